The van der Waals surface area contributed by atoms with Gasteiger partial charge in [0, 0.05) is 23.8 Å². The highest BCUT2D eigenvalue weighted by atomic mass is 32.2. The van der Waals surface area contributed by atoms with Gasteiger partial charge in [0.15, 0.2) is 5.69 Å². The van der Waals surface area contributed by atoms with Crippen LogP contribution in [0.5, 0.6) is 5.88 Å². The molecule has 0 unspecified atom stereocenters. The maximum absolute atomic E-state index is 13.0. The van der Waals surface area contributed by atoms with Gasteiger partial charge < -0.3 is 4.74 Å². The summed E-state index contributed by atoms with van der Waals surface area (Å²) >= 11 is 1.56. The van der Waals surface area contributed by atoms with Gasteiger partial charge in [-0.05, 0) is 38.3 Å². The lowest BCUT2D eigenvalue weighted by Gasteiger charge is -2.31. The van der Waals surface area contributed by atoms with Crippen molar-refractivity contribution < 1.29 is 9.53 Å². The van der Waals surface area contributed by atoms with Gasteiger partial charge in [0.2, 0.25) is 23.2 Å². The maximum atomic E-state index is 13.0. The van der Waals surface area contributed by atoms with Crippen molar-refractivity contribution in [1.82, 2.24) is 15.2 Å². The minimum atomic E-state index is -0.659. The van der Waals surface area contributed by atoms with Gasteiger partial charge in [-0.15, -0.1) is 10.2 Å². The van der Waals surface area contributed by atoms with Crippen molar-refractivity contribution in [2.45, 2.75) is 52.9 Å². The number of benzene rings is 2. The van der Waals surface area contributed by atoms with Crippen LogP contribution in [0.4, 0.5) is 5.69 Å². The second-order valence-corrected chi connectivity index (χ2v) is 9.69. The van der Waals surface area contributed by atoms with Gasteiger partial charge in [0.1, 0.15) is 0 Å². The average Bonchev–Trinajstić information content (AvgIpc) is 2.87. The highest BCUT2D eigenvalue weighted by molar-refractivity contribution is 7.99. The molecule has 0 radical (unpaired) electrons. The molecule has 32 heavy (non-hydrogen) atoms. The van der Waals surface area contributed by atoms with E-state index in [4.69, 9.17) is 9.72 Å². The third-order valence-corrected chi connectivity index (χ3v) is 6.51. The maximum Gasteiger partial charge on any atom is 0.247 e. The third-order valence-electron chi connectivity index (χ3n) is 5.25. The quantitative estimate of drug-likeness (QED) is 0.480. The second kappa shape index (κ2) is 8.90. The number of aryl methyl sites for hydroxylation is 3. The number of thioether (sulfide) groups is 1. The molecule has 6 nitrogen and oxygen atoms in total. The summed E-state index contributed by atoms with van der Waals surface area (Å²) in [5.41, 5.74) is 6.18. The largest absolute Gasteiger partial charge is 0.447 e. The minimum absolute atomic E-state index is 0.111. The predicted molar refractivity (Wildman–Crippen MR) is 128 cm³/mol. The predicted octanol–water partition coefficient (Wildman–Crippen LogP) is 5.66. The van der Waals surface area contributed by atoms with E-state index in [1.807, 2.05) is 51.1 Å². The van der Waals surface area contributed by atoms with Crippen LogP contribution in [-0.2, 0) is 4.79 Å². The monoisotopic (exact) mass is 448 g/mol. The van der Waals surface area contributed by atoms with Crippen molar-refractivity contribution in [3.8, 4) is 17.1 Å². The molecule has 3 aromatic rings. The molecule has 2 heterocycles. The molecule has 1 atom stereocenters. The first-order valence-corrected chi connectivity index (χ1v) is 11.7. The summed E-state index contributed by atoms with van der Waals surface area (Å²) < 4.78 is 6.47. The molecule has 166 valence electrons. The van der Waals surface area contributed by atoms with Gasteiger partial charge in [0.25, 0.3) is 0 Å². The molecule has 0 saturated heterocycles. The van der Waals surface area contributed by atoms with Gasteiger partial charge >= 0.3 is 0 Å². The molecular formula is C25H28N4O2S. The van der Waals surface area contributed by atoms with Crippen molar-refractivity contribution in [2.24, 2.45) is 5.92 Å². The lowest BCUT2D eigenvalue weighted by Crippen LogP contribution is -2.36. The van der Waals surface area contributed by atoms with Crippen LogP contribution in [0, 0.1) is 26.7 Å². The molecule has 0 spiro atoms. The number of ether oxygens (including phenoxy) is 1. The van der Waals surface area contributed by atoms with Crippen molar-refractivity contribution in [1.29, 1.82) is 0 Å². The molecule has 1 aliphatic rings. The van der Waals surface area contributed by atoms with Crippen LogP contribution in [0.25, 0.3) is 11.3 Å². The number of hydrogen-bond acceptors (Lipinski definition) is 6. The molecule has 4 rings (SSSR count). The third kappa shape index (κ3) is 4.35. The normalized spacial score (nSPS) is 15.1. The Kier molecular flexibility index (Phi) is 6.20. The Balaban J connectivity index is 1.95. The van der Waals surface area contributed by atoms with Crippen LogP contribution in [0.1, 0.15) is 49.3 Å². The van der Waals surface area contributed by atoms with E-state index < -0.39 is 6.23 Å². The van der Waals surface area contributed by atoms with E-state index >= 15 is 0 Å². The number of rotatable bonds is 4. The van der Waals surface area contributed by atoms with Gasteiger partial charge in [-0.25, -0.2) is 0 Å². The van der Waals surface area contributed by atoms with Crippen molar-refractivity contribution in [3.05, 3.63) is 58.7 Å². The van der Waals surface area contributed by atoms with Crippen molar-refractivity contribution in [2.75, 3.05) is 10.7 Å². The number of fused-ring (bicyclic) bond motifs is 3. The number of hydrogen-bond donors (Lipinski definition) is 0. The van der Waals surface area contributed by atoms with E-state index in [-0.39, 0.29) is 5.91 Å². The Hall–Kier alpha value is -2.93. The second-order valence-electron chi connectivity index (χ2n) is 8.70. The summed E-state index contributed by atoms with van der Waals surface area (Å²) in [7, 11) is 0. The van der Waals surface area contributed by atoms with Gasteiger partial charge in [-0.3, -0.25) is 9.69 Å². The lowest BCUT2D eigenvalue weighted by atomic mass is 10.00. The van der Waals surface area contributed by atoms with E-state index in [9.17, 15) is 4.79 Å². The highest BCUT2D eigenvalue weighted by Crippen LogP contribution is 2.45. The number of carbonyl (C=O) groups is 1. The zero-order chi connectivity index (χ0) is 23.0. The fraction of sp³-hybridized carbons (Fsp3) is 0.360. The molecule has 0 fully saturated rings. The summed E-state index contributed by atoms with van der Waals surface area (Å²) in [4.78, 5) is 19.4. The van der Waals surface area contributed by atoms with E-state index in [1.165, 1.54) is 0 Å². The number of nitrogens with zero attached hydrogens (tertiary/aromatic N) is 4. The Bertz CT molecular complexity index is 1180. The minimum Gasteiger partial charge on any atom is -0.447 e. The van der Waals surface area contributed by atoms with Crippen molar-refractivity contribution in [3.63, 3.8) is 0 Å². The Morgan fingerprint density at radius 3 is 2.59 bits per heavy atom. The Morgan fingerprint density at radius 2 is 1.91 bits per heavy atom. The standard InChI is InChI=1S/C25H28N4O2S/c1-14(2)13-32-25-26-23-21(27-28-25)20-12-16(4)10-17(5)22(20)29(18(6)30)24(31-23)19-9-7-8-15(3)11-19/h7-12,14,24H,13H2,1-6H3/t24-/m0/s1. The van der Waals surface area contributed by atoms with E-state index in [2.05, 4.69) is 30.1 Å². The zero-order valence-corrected chi connectivity index (χ0v) is 20.2. The van der Waals surface area contributed by atoms with Gasteiger partial charge in [-0.2, -0.15) is 4.98 Å². The van der Waals surface area contributed by atoms with Crippen LogP contribution in [-0.4, -0.2) is 26.8 Å². The first kappa shape index (κ1) is 22.3. The molecule has 1 amide bonds. The summed E-state index contributed by atoms with van der Waals surface area (Å²) in [5, 5.41) is 9.46. The van der Waals surface area contributed by atoms with Crippen LogP contribution in [0.15, 0.2) is 41.6 Å². The van der Waals surface area contributed by atoms with Crippen molar-refractivity contribution >= 4 is 23.4 Å². The number of carbonyl (C=O) groups excluding carboxylic acids is 1. The van der Waals surface area contributed by atoms with E-state index in [0.29, 0.717) is 22.6 Å². The first-order valence-electron chi connectivity index (χ1n) is 10.8. The van der Waals surface area contributed by atoms with Gasteiger partial charge in [0.05, 0.1) is 5.69 Å². The van der Waals surface area contributed by atoms with E-state index in [0.717, 1.165) is 39.3 Å². The summed E-state index contributed by atoms with van der Waals surface area (Å²) in [6, 6.07) is 12.1. The molecule has 0 bridgehead atoms. The number of anilines is 1. The molecule has 0 saturated carbocycles. The summed E-state index contributed by atoms with van der Waals surface area (Å²) in [6.45, 7) is 11.9. The zero-order valence-electron chi connectivity index (χ0n) is 19.3. The SMILES string of the molecule is CC(=O)N1c2c(C)cc(C)cc2-c2nnc(SCC(C)C)nc2O[C@H]1c1cccc(C)c1. The fourth-order valence-electron chi connectivity index (χ4n) is 3.95. The number of amides is 1. The summed E-state index contributed by atoms with van der Waals surface area (Å²) in [6.07, 6.45) is -0.659. The average molecular weight is 449 g/mol. The van der Waals surface area contributed by atoms with E-state index in [1.54, 1.807) is 23.6 Å². The Morgan fingerprint density at radius 1 is 1.12 bits per heavy atom. The Labute approximate surface area is 193 Å². The van der Waals surface area contributed by atoms with Crippen LogP contribution in [0.2, 0.25) is 0 Å². The summed E-state index contributed by atoms with van der Waals surface area (Å²) in [5.74, 6) is 1.67. The fourth-order valence-corrected chi connectivity index (χ4v) is 4.68. The lowest BCUT2D eigenvalue weighted by molar-refractivity contribution is -0.118. The highest BCUT2D eigenvalue weighted by Gasteiger charge is 2.35. The molecule has 1 aliphatic heterocycles. The molecule has 2 aromatic carbocycles. The molecule has 0 N–H and O–H groups in total. The number of aromatic nitrogens is 3. The molecule has 7 heteroatoms. The molecular weight excluding hydrogens is 420 g/mol. The topological polar surface area (TPSA) is 68.2 Å². The van der Waals surface area contributed by atoms with Crippen LogP contribution in [0.3, 0.4) is 0 Å². The van der Waals surface area contributed by atoms with Crippen LogP contribution >= 0.6 is 11.8 Å². The smallest absolute Gasteiger partial charge is 0.247 e. The van der Waals surface area contributed by atoms with Crippen LogP contribution < -0.4 is 9.64 Å². The first-order chi connectivity index (χ1) is 15.2. The molecule has 0 aliphatic carbocycles. The van der Waals surface area contributed by atoms with Gasteiger partial charge in [-0.1, -0.05) is 67.1 Å². The molecule has 1 aromatic heterocycles.